The third-order valence-corrected chi connectivity index (χ3v) is 8.01. The third kappa shape index (κ3) is 5.02. The minimum absolute atomic E-state index is 0.268. The number of hydrogen-bond donors (Lipinski definition) is 1. The van der Waals surface area contributed by atoms with E-state index in [0.29, 0.717) is 55.5 Å². The Kier molecular flexibility index (Phi) is 7.70. The minimum Gasteiger partial charge on any atom is -0.493 e. The molecule has 0 bridgehead atoms. The van der Waals surface area contributed by atoms with E-state index < -0.39 is 5.97 Å². The van der Waals surface area contributed by atoms with Crippen LogP contribution in [0.2, 0.25) is 0 Å². The Morgan fingerprint density at radius 1 is 0.974 bits per heavy atom. The molecule has 0 radical (unpaired) electrons. The first-order chi connectivity index (χ1) is 19.0. The van der Waals surface area contributed by atoms with Crippen molar-refractivity contribution in [3.63, 3.8) is 0 Å². The standard InChI is InChI=1S/C30H30N2O6S/c1-5-38-30(34)26-19-11-7-9-13-25(19)39-29(26)32-28(33)20-16-22(31-21-12-8-6-10-18(20)21)17-14-23(35-2)27(37-4)24(15-17)36-3/h6,8,10,12,14-16H,5,7,9,11,13H2,1-4H3,(H,32,33). The van der Waals surface area contributed by atoms with Crippen molar-refractivity contribution < 1.29 is 28.5 Å². The van der Waals surface area contributed by atoms with Crippen LogP contribution in [0.3, 0.4) is 0 Å². The van der Waals surface area contributed by atoms with Gasteiger partial charge in [0.2, 0.25) is 5.75 Å². The van der Waals surface area contributed by atoms with E-state index in [4.69, 9.17) is 23.9 Å². The van der Waals surface area contributed by atoms with Crippen LogP contribution in [-0.2, 0) is 17.6 Å². The Morgan fingerprint density at radius 3 is 2.38 bits per heavy atom. The molecule has 0 fully saturated rings. The summed E-state index contributed by atoms with van der Waals surface area (Å²) in [6, 6.07) is 12.8. The van der Waals surface area contributed by atoms with Crippen LogP contribution in [-0.4, -0.2) is 44.8 Å². The number of nitrogens with zero attached hydrogens (tertiary/aromatic N) is 1. The number of para-hydroxylation sites is 1. The summed E-state index contributed by atoms with van der Waals surface area (Å²) in [6.07, 6.45) is 3.78. The number of nitrogens with one attached hydrogen (secondary N) is 1. The number of ether oxygens (including phenoxy) is 4. The maximum absolute atomic E-state index is 13.9. The Labute approximate surface area is 230 Å². The molecule has 1 amide bonds. The first-order valence-corrected chi connectivity index (χ1v) is 13.6. The summed E-state index contributed by atoms with van der Waals surface area (Å²) in [5.74, 6) is 0.708. The van der Waals surface area contributed by atoms with Gasteiger partial charge in [-0.3, -0.25) is 4.79 Å². The van der Waals surface area contributed by atoms with Crippen molar-refractivity contribution >= 4 is 39.1 Å². The number of carbonyl (C=O) groups is 2. The van der Waals surface area contributed by atoms with Crippen LogP contribution < -0.4 is 19.5 Å². The quantitative estimate of drug-likeness (QED) is 0.259. The Hall–Kier alpha value is -4.11. The molecule has 1 aliphatic rings. The van der Waals surface area contributed by atoms with E-state index in [1.807, 2.05) is 24.3 Å². The number of aromatic nitrogens is 1. The van der Waals surface area contributed by atoms with Gasteiger partial charge in [0.1, 0.15) is 5.00 Å². The van der Waals surface area contributed by atoms with E-state index in [1.165, 1.54) is 11.3 Å². The van der Waals surface area contributed by atoms with E-state index in [0.717, 1.165) is 36.1 Å². The highest BCUT2D eigenvalue weighted by Gasteiger charge is 2.28. The fraction of sp³-hybridized carbons (Fsp3) is 0.300. The maximum Gasteiger partial charge on any atom is 0.341 e. The molecule has 2 heterocycles. The molecule has 202 valence electrons. The maximum atomic E-state index is 13.9. The van der Waals surface area contributed by atoms with Crippen LogP contribution in [0, 0.1) is 0 Å². The molecule has 2 aromatic heterocycles. The summed E-state index contributed by atoms with van der Waals surface area (Å²) >= 11 is 1.46. The summed E-state index contributed by atoms with van der Waals surface area (Å²) in [7, 11) is 4.65. The lowest BCUT2D eigenvalue weighted by atomic mass is 9.95. The molecule has 0 saturated heterocycles. The number of carbonyl (C=O) groups excluding carboxylic acids is 2. The van der Waals surface area contributed by atoms with Crippen molar-refractivity contribution in [1.29, 1.82) is 0 Å². The first-order valence-electron chi connectivity index (χ1n) is 12.8. The van der Waals surface area contributed by atoms with Crippen molar-refractivity contribution in [3.05, 3.63) is 64.0 Å². The summed E-state index contributed by atoms with van der Waals surface area (Å²) in [5, 5.41) is 4.27. The molecule has 0 atom stereocenters. The van der Waals surface area contributed by atoms with Gasteiger partial charge in [-0.1, -0.05) is 18.2 Å². The van der Waals surface area contributed by atoms with Gasteiger partial charge < -0.3 is 24.3 Å². The predicted octanol–water partition coefficient (Wildman–Crippen LogP) is 6.30. The SMILES string of the molecule is CCOC(=O)c1c(NC(=O)c2cc(-c3cc(OC)c(OC)c(OC)c3)nc3ccccc23)sc2c1CCCC2. The second kappa shape index (κ2) is 11.3. The number of hydrogen-bond acceptors (Lipinski definition) is 8. The molecule has 39 heavy (non-hydrogen) atoms. The van der Waals surface area contributed by atoms with Gasteiger partial charge in [-0.15, -0.1) is 11.3 Å². The highest BCUT2D eigenvalue weighted by molar-refractivity contribution is 7.17. The number of methoxy groups -OCH3 is 3. The highest BCUT2D eigenvalue weighted by atomic mass is 32.1. The molecule has 1 N–H and O–H groups in total. The number of thiophene rings is 1. The largest absolute Gasteiger partial charge is 0.493 e. The number of amides is 1. The lowest BCUT2D eigenvalue weighted by molar-refractivity contribution is 0.0526. The minimum atomic E-state index is -0.398. The van der Waals surface area contributed by atoms with Gasteiger partial charge in [-0.05, 0) is 62.4 Å². The van der Waals surface area contributed by atoms with E-state index in [9.17, 15) is 9.59 Å². The van der Waals surface area contributed by atoms with Crippen molar-refractivity contribution in [2.24, 2.45) is 0 Å². The van der Waals surface area contributed by atoms with Crippen LogP contribution in [0.5, 0.6) is 17.2 Å². The van der Waals surface area contributed by atoms with Gasteiger partial charge in [0.05, 0.1) is 50.3 Å². The summed E-state index contributed by atoms with van der Waals surface area (Å²) in [6.45, 7) is 2.05. The third-order valence-electron chi connectivity index (χ3n) is 6.80. The van der Waals surface area contributed by atoms with E-state index in [-0.39, 0.29) is 12.5 Å². The Balaban J connectivity index is 1.61. The highest BCUT2D eigenvalue weighted by Crippen LogP contribution is 2.42. The number of pyridine rings is 1. The summed E-state index contributed by atoms with van der Waals surface area (Å²) in [4.78, 5) is 32.7. The predicted molar refractivity (Wildman–Crippen MR) is 152 cm³/mol. The zero-order valence-electron chi connectivity index (χ0n) is 22.4. The van der Waals surface area contributed by atoms with Gasteiger partial charge in [0.25, 0.3) is 5.91 Å². The number of esters is 1. The number of benzene rings is 2. The average Bonchev–Trinajstić information content (AvgIpc) is 3.33. The monoisotopic (exact) mass is 546 g/mol. The topological polar surface area (TPSA) is 96.0 Å². The number of rotatable bonds is 8. The molecular formula is C30H30N2O6S. The zero-order chi connectivity index (χ0) is 27.5. The van der Waals surface area contributed by atoms with E-state index in [2.05, 4.69) is 5.32 Å². The molecule has 2 aromatic carbocycles. The molecule has 5 rings (SSSR count). The van der Waals surface area contributed by atoms with Gasteiger partial charge in [0, 0.05) is 15.8 Å². The van der Waals surface area contributed by atoms with Crippen molar-refractivity contribution in [3.8, 4) is 28.5 Å². The molecule has 0 aliphatic heterocycles. The lowest BCUT2D eigenvalue weighted by Gasteiger charge is -2.15. The van der Waals surface area contributed by atoms with Gasteiger partial charge in [0.15, 0.2) is 11.5 Å². The molecule has 0 unspecified atom stereocenters. The number of aryl methyl sites for hydroxylation is 1. The molecular weight excluding hydrogens is 516 g/mol. The normalized spacial score (nSPS) is 12.5. The molecule has 0 saturated carbocycles. The number of anilines is 1. The van der Waals surface area contributed by atoms with Crippen molar-refractivity contribution in [2.45, 2.75) is 32.6 Å². The lowest BCUT2D eigenvalue weighted by Crippen LogP contribution is -2.16. The van der Waals surface area contributed by atoms with Gasteiger partial charge in [-0.2, -0.15) is 0 Å². The first kappa shape index (κ1) is 26.5. The van der Waals surface area contributed by atoms with E-state index >= 15 is 0 Å². The zero-order valence-corrected chi connectivity index (χ0v) is 23.2. The smallest absolute Gasteiger partial charge is 0.341 e. The second-order valence-corrected chi connectivity index (χ2v) is 10.2. The average molecular weight is 547 g/mol. The van der Waals surface area contributed by atoms with Crippen LogP contribution in [0.25, 0.3) is 22.2 Å². The fourth-order valence-electron chi connectivity index (χ4n) is 4.98. The molecule has 0 spiro atoms. The van der Waals surface area contributed by atoms with Crippen LogP contribution >= 0.6 is 11.3 Å². The van der Waals surface area contributed by atoms with Crippen LogP contribution in [0.15, 0.2) is 42.5 Å². The van der Waals surface area contributed by atoms with Crippen LogP contribution in [0.4, 0.5) is 5.00 Å². The summed E-state index contributed by atoms with van der Waals surface area (Å²) < 4.78 is 21.9. The molecule has 1 aliphatic carbocycles. The Bertz CT molecular complexity index is 1540. The van der Waals surface area contributed by atoms with Crippen molar-refractivity contribution in [2.75, 3.05) is 33.3 Å². The second-order valence-electron chi connectivity index (χ2n) is 9.08. The van der Waals surface area contributed by atoms with Crippen molar-refractivity contribution in [1.82, 2.24) is 4.98 Å². The number of fused-ring (bicyclic) bond motifs is 2. The van der Waals surface area contributed by atoms with Gasteiger partial charge in [-0.25, -0.2) is 9.78 Å². The van der Waals surface area contributed by atoms with Crippen LogP contribution in [0.1, 0.15) is 50.9 Å². The summed E-state index contributed by atoms with van der Waals surface area (Å²) in [5.41, 5.74) is 3.83. The van der Waals surface area contributed by atoms with Gasteiger partial charge >= 0.3 is 5.97 Å². The molecule has 4 aromatic rings. The molecule has 9 heteroatoms. The van der Waals surface area contributed by atoms with E-state index in [1.54, 1.807) is 46.5 Å². The molecule has 8 nitrogen and oxygen atoms in total. The Morgan fingerprint density at radius 2 is 1.69 bits per heavy atom. The fourth-order valence-corrected chi connectivity index (χ4v) is 6.26.